The van der Waals surface area contributed by atoms with Gasteiger partial charge in [0.25, 0.3) is 0 Å². The lowest BCUT2D eigenvalue weighted by Gasteiger charge is -2.07. The number of aromatic nitrogens is 2. The first kappa shape index (κ1) is 12.0. The molecule has 1 N–H and O–H groups in total. The quantitative estimate of drug-likeness (QED) is 0.846. The van der Waals surface area contributed by atoms with Crippen molar-refractivity contribution in [3.63, 3.8) is 0 Å². The summed E-state index contributed by atoms with van der Waals surface area (Å²) < 4.78 is 2.18. The molecule has 3 nitrogen and oxygen atoms in total. The Morgan fingerprint density at radius 3 is 2.76 bits per heavy atom. The van der Waals surface area contributed by atoms with Crippen molar-refractivity contribution in [3.05, 3.63) is 46.5 Å². The van der Waals surface area contributed by atoms with Crippen molar-refractivity contribution >= 4 is 17.3 Å². The van der Waals surface area contributed by atoms with Gasteiger partial charge in [-0.25, -0.2) is 4.98 Å². The minimum Gasteiger partial charge on any atom is -0.378 e. The van der Waals surface area contributed by atoms with Gasteiger partial charge in [0.1, 0.15) is 0 Å². The monoisotopic (exact) mass is 249 g/mol. The van der Waals surface area contributed by atoms with Gasteiger partial charge >= 0.3 is 0 Å². The Kier molecular flexibility index (Phi) is 3.38. The second-order valence-electron chi connectivity index (χ2n) is 4.15. The highest BCUT2D eigenvalue weighted by Gasteiger charge is 2.06. The molecule has 2 rings (SSSR count). The summed E-state index contributed by atoms with van der Waals surface area (Å²) in [4.78, 5) is 4.03. The summed E-state index contributed by atoms with van der Waals surface area (Å²) in [7, 11) is 2.07. The van der Waals surface area contributed by atoms with Crippen LogP contribution in [0.4, 0.5) is 5.69 Å². The highest BCUT2D eigenvalue weighted by molar-refractivity contribution is 6.31. The van der Waals surface area contributed by atoms with Gasteiger partial charge in [-0.15, -0.1) is 0 Å². The Labute approximate surface area is 106 Å². The Balaban J connectivity index is 2.13. The van der Waals surface area contributed by atoms with Crippen LogP contribution in [-0.4, -0.2) is 9.55 Å². The van der Waals surface area contributed by atoms with Crippen LogP contribution in [0.1, 0.15) is 17.0 Å². The fourth-order valence-electron chi connectivity index (χ4n) is 1.82. The van der Waals surface area contributed by atoms with E-state index >= 15 is 0 Å². The highest BCUT2D eigenvalue weighted by Crippen LogP contribution is 2.20. The van der Waals surface area contributed by atoms with Crippen molar-refractivity contribution in [1.29, 1.82) is 0 Å². The lowest BCUT2D eigenvalue weighted by atomic mass is 10.2. The van der Waals surface area contributed by atoms with E-state index < -0.39 is 0 Å². The van der Waals surface area contributed by atoms with Gasteiger partial charge in [-0.3, -0.25) is 0 Å². The molecule has 2 aromatic rings. The number of aryl methyl sites for hydroxylation is 1. The first-order valence-electron chi connectivity index (χ1n) is 5.56. The molecule has 17 heavy (non-hydrogen) atoms. The highest BCUT2D eigenvalue weighted by atomic mass is 35.5. The number of nitrogens with zero attached hydrogens (tertiary/aromatic N) is 2. The van der Waals surface area contributed by atoms with Crippen molar-refractivity contribution in [1.82, 2.24) is 9.55 Å². The molecular weight excluding hydrogens is 234 g/mol. The van der Waals surface area contributed by atoms with Crippen LogP contribution in [0.15, 0.2) is 24.4 Å². The van der Waals surface area contributed by atoms with Crippen molar-refractivity contribution < 1.29 is 0 Å². The van der Waals surface area contributed by atoms with Crippen LogP contribution in [-0.2, 0) is 13.6 Å². The number of pyridine rings is 1. The molecular formula is C13H16ClN3. The summed E-state index contributed by atoms with van der Waals surface area (Å²) in [5.74, 6) is 0. The van der Waals surface area contributed by atoms with E-state index in [4.69, 9.17) is 11.6 Å². The maximum atomic E-state index is 5.99. The Hall–Kier alpha value is -1.48. The first-order chi connectivity index (χ1) is 8.09. The van der Waals surface area contributed by atoms with Gasteiger partial charge in [0, 0.05) is 31.2 Å². The third-order valence-electron chi connectivity index (χ3n) is 3.11. The summed E-state index contributed by atoms with van der Waals surface area (Å²) in [6, 6.07) is 5.99. The van der Waals surface area contributed by atoms with Crippen LogP contribution < -0.4 is 5.32 Å². The lowest BCUT2D eigenvalue weighted by molar-refractivity contribution is 0.837. The maximum Gasteiger partial charge on any atom is 0.152 e. The lowest BCUT2D eigenvalue weighted by Crippen LogP contribution is -2.02. The van der Waals surface area contributed by atoms with Crippen molar-refractivity contribution in [3.8, 4) is 0 Å². The molecule has 90 valence electrons. The van der Waals surface area contributed by atoms with E-state index in [1.54, 1.807) is 6.20 Å². The molecule has 0 radical (unpaired) electrons. The van der Waals surface area contributed by atoms with E-state index in [9.17, 15) is 0 Å². The third kappa shape index (κ3) is 2.44. The van der Waals surface area contributed by atoms with Crippen molar-refractivity contribution in [2.24, 2.45) is 7.05 Å². The molecule has 0 bridgehead atoms. The number of nitrogens with one attached hydrogen (secondary N) is 1. The number of hydrogen-bond acceptors (Lipinski definition) is 2. The molecule has 0 aliphatic carbocycles. The van der Waals surface area contributed by atoms with Gasteiger partial charge in [-0.1, -0.05) is 11.6 Å². The molecule has 0 spiro atoms. The van der Waals surface area contributed by atoms with E-state index in [-0.39, 0.29) is 0 Å². The molecule has 2 aromatic heterocycles. The van der Waals surface area contributed by atoms with E-state index in [2.05, 4.69) is 41.8 Å². The smallest absolute Gasteiger partial charge is 0.152 e. The number of anilines is 1. The molecule has 0 saturated carbocycles. The number of rotatable bonds is 3. The molecule has 0 amide bonds. The minimum absolute atomic E-state index is 0.512. The van der Waals surface area contributed by atoms with Crippen LogP contribution in [0, 0.1) is 13.8 Å². The van der Waals surface area contributed by atoms with E-state index in [1.807, 2.05) is 12.1 Å². The predicted octanol–water partition coefficient (Wildman–Crippen LogP) is 3.30. The first-order valence-corrected chi connectivity index (χ1v) is 5.93. The average molecular weight is 250 g/mol. The maximum absolute atomic E-state index is 5.99. The molecule has 0 unspecified atom stereocenters. The second kappa shape index (κ2) is 4.80. The topological polar surface area (TPSA) is 29.9 Å². The largest absolute Gasteiger partial charge is 0.378 e. The van der Waals surface area contributed by atoms with Gasteiger partial charge in [-0.2, -0.15) is 0 Å². The van der Waals surface area contributed by atoms with Gasteiger partial charge < -0.3 is 9.88 Å². The van der Waals surface area contributed by atoms with Crippen molar-refractivity contribution in [2.45, 2.75) is 20.4 Å². The Bertz CT molecular complexity index is 531. The van der Waals surface area contributed by atoms with Crippen LogP contribution in [0.2, 0.25) is 5.15 Å². The molecule has 0 aliphatic rings. The molecule has 0 saturated heterocycles. The van der Waals surface area contributed by atoms with E-state index in [0.29, 0.717) is 5.15 Å². The molecule has 2 heterocycles. The average Bonchev–Trinajstić information content (AvgIpc) is 2.56. The molecule has 0 atom stereocenters. The molecule has 0 fully saturated rings. The van der Waals surface area contributed by atoms with Crippen LogP contribution >= 0.6 is 11.6 Å². The molecule has 0 aliphatic heterocycles. The van der Waals surface area contributed by atoms with E-state index in [0.717, 1.165) is 12.2 Å². The fourth-order valence-corrected chi connectivity index (χ4v) is 2.01. The van der Waals surface area contributed by atoms with Gasteiger partial charge in [-0.05, 0) is 37.6 Å². The van der Waals surface area contributed by atoms with Gasteiger partial charge in [0.05, 0.1) is 5.69 Å². The normalized spacial score (nSPS) is 10.6. The molecule has 4 heteroatoms. The minimum atomic E-state index is 0.512. The Morgan fingerprint density at radius 2 is 2.18 bits per heavy atom. The number of halogens is 1. The predicted molar refractivity (Wildman–Crippen MR) is 71.5 cm³/mol. The zero-order chi connectivity index (χ0) is 12.4. The van der Waals surface area contributed by atoms with Gasteiger partial charge in [0.2, 0.25) is 0 Å². The standard InChI is InChI=1S/C13H16ClN3/c1-9-7-11(10(2)17(9)3)8-16-12-5-4-6-15-13(12)14/h4-7,16H,8H2,1-3H3. The zero-order valence-electron chi connectivity index (χ0n) is 10.3. The summed E-state index contributed by atoms with van der Waals surface area (Å²) >= 11 is 5.99. The summed E-state index contributed by atoms with van der Waals surface area (Å²) in [6.07, 6.45) is 1.69. The summed E-state index contributed by atoms with van der Waals surface area (Å²) in [5, 5.41) is 3.81. The zero-order valence-corrected chi connectivity index (χ0v) is 11.0. The van der Waals surface area contributed by atoms with Crippen LogP contribution in [0.5, 0.6) is 0 Å². The van der Waals surface area contributed by atoms with Gasteiger partial charge in [0.15, 0.2) is 5.15 Å². The molecule has 0 aromatic carbocycles. The Morgan fingerprint density at radius 1 is 1.41 bits per heavy atom. The number of hydrogen-bond donors (Lipinski definition) is 1. The third-order valence-corrected chi connectivity index (χ3v) is 3.41. The summed E-state index contributed by atoms with van der Waals surface area (Å²) in [5.41, 5.74) is 4.69. The van der Waals surface area contributed by atoms with Crippen LogP contribution in [0.3, 0.4) is 0 Å². The SMILES string of the molecule is Cc1cc(CNc2cccnc2Cl)c(C)n1C. The summed E-state index contributed by atoms with van der Waals surface area (Å²) in [6.45, 7) is 4.99. The van der Waals surface area contributed by atoms with Crippen LogP contribution in [0.25, 0.3) is 0 Å². The van der Waals surface area contributed by atoms with E-state index in [1.165, 1.54) is 17.0 Å². The second-order valence-corrected chi connectivity index (χ2v) is 4.51. The fraction of sp³-hybridized carbons (Fsp3) is 0.308. The van der Waals surface area contributed by atoms with Crippen molar-refractivity contribution in [2.75, 3.05) is 5.32 Å².